The minimum Gasteiger partial charge on any atom is -0.369 e. The normalized spacial score (nSPS) is 13.0. The van der Waals surface area contributed by atoms with Crippen LogP contribution in [0, 0.1) is 0 Å². The summed E-state index contributed by atoms with van der Waals surface area (Å²) in [5.41, 5.74) is 6.09. The van der Waals surface area contributed by atoms with Crippen LogP contribution in [0.25, 0.3) is 27.7 Å². The molecule has 3 heteroatoms. The summed E-state index contributed by atoms with van der Waals surface area (Å²) in [6.45, 7) is 3.15. The van der Waals surface area contributed by atoms with Gasteiger partial charge in [-0.3, -0.25) is 0 Å². The summed E-state index contributed by atoms with van der Waals surface area (Å²) in [5, 5.41) is 11.1. The topological polar surface area (TPSA) is 29.9 Å². The zero-order valence-corrected chi connectivity index (χ0v) is 14.9. The summed E-state index contributed by atoms with van der Waals surface area (Å²) in [7, 11) is 0. The fraction of sp³-hybridized carbons (Fsp3) is 0.174. The van der Waals surface area contributed by atoms with Gasteiger partial charge in [-0.15, -0.1) is 0 Å². The number of hydrogen-bond acceptors (Lipinski definition) is 2. The highest BCUT2D eigenvalue weighted by Gasteiger charge is 2.24. The molecule has 0 amide bonds. The van der Waals surface area contributed by atoms with Gasteiger partial charge in [0.05, 0.1) is 11.4 Å². The first-order chi connectivity index (χ1) is 12.8. The van der Waals surface area contributed by atoms with Crippen LogP contribution in [0.5, 0.6) is 0 Å². The van der Waals surface area contributed by atoms with Gasteiger partial charge in [-0.05, 0) is 41.3 Å². The van der Waals surface area contributed by atoms with Crippen molar-refractivity contribution in [3.8, 4) is 16.9 Å². The zero-order chi connectivity index (χ0) is 17.5. The van der Waals surface area contributed by atoms with Gasteiger partial charge in [-0.2, -0.15) is 5.10 Å². The highest BCUT2D eigenvalue weighted by molar-refractivity contribution is 5.97. The third-order valence-corrected chi connectivity index (χ3v) is 5.28. The number of aryl methyl sites for hydroxylation is 1. The molecule has 26 heavy (non-hydrogen) atoms. The molecule has 1 aliphatic rings. The van der Waals surface area contributed by atoms with E-state index in [0.29, 0.717) is 0 Å². The average Bonchev–Trinajstić information content (AvgIpc) is 3.30. The average molecular weight is 339 g/mol. The van der Waals surface area contributed by atoms with Crippen molar-refractivity contribution in [3.63, 3.8) is 0 Å². The van der Waals surface area contributed by atoms with Crippen LogP contribution in [0.1, 0.15) is 18.1 Å². The molecule has 1 N–H and O–H groups in total. The van der Waals surface area contributed by atoms with Crippen LogP contribution in [-0.2, 0) is 12.8 Å². The summed E-state index contributed by atoms with van der Waals surface area (Å²) in [4.78, 5) is 0. The first kappa shape index (κ1) is 15.2. The molecule has 4 aromatic rings. The Kier molecular flexibility index (Phi) is 3.52. The molecule has 3 nitrogen and oxygen atoms in total. The zero-order valence-electron chi connectivity index (χ0n) is 14.9. The second-order valence-electron chi connectivity index (χ2n) is 6.81. The van der Waals surface area contributed by atoms with E-state index >= 15 is 0 Å². The molecule has 0 aliphatic carbocycles. The Morgan fingerprint density at radius 2 is 1.77 bits per heavy atom. The Morgan fingerprint density at radius 1 is 0.962 bits per heavy atom. The smallest absolute Gasteiger partial charge is 0.133 e. The van der Waals surface area contributed by atoms with Gasteiger partial charge in [-0.25, -0.2) is 4.68 Å². The van der Waals surface area contributed by atoms with E-state index in [9.17, 15) is 0 Å². The molecule has 0 bridgehead atoms. The van der Waals surface area contributed by atoms with Crippen molar-refractivity contribution in [2.24, 2.45) is 0 Å². The number of anilines is 1. The molecule has 1 aliphatic heterocycles. The fourth-order valence-corrected chi connectivity index (χ4v) is 3.88. The van der Waals surface area contributed by atoms with Gasteiger partial charge < -0.3 is 5.32 Å². The molecule has 128 valence electrons. The molecule has 3 aromatic carbocycles. The van der Waals surface area contributed by atoms with Crippen molar-refractivity contribution < 1.29 is 0 Å². The lowest BCUT2D eigenvalue weighted by Gasteiger charge is -2.08. The Morgan fingerprint density at radius 3 is 2.62 bits per heavy atom. The van der Waals surface area contributed by atoms with E-state index in [1.807, 2.05) is 0 Å². The number of aromatic nitrogens is 2. The van der Waals surface area contributed by atoms with Gasteiger partial charge in [0.15, 0.2) is 0 Å². The van der Waals surface area contributed by atoms with E-state index in [-0.39, 0.29) is 0 Å². The standard InChI is InChI=1S/C23H21N3/c1-2-16-10-12-18(13-11-16)26-23-21(14-15-24-23)22(25-26)20-9-5-7-17-6-3-4-8-19(17)20/h3-13,24H,2,14-15H2,1H3. The molecule has 0 saturated carbocycles. The number of benzene rings is 3. The second-order valence-corrected chi connectivity index (χ2v) is 6.81. The van der Waals surface area contributed by atoms with Crippen molar-refractivity contribution in [3.05, 3.63) is 77.9 Å². The molecular weight excluding hydrogens is 318 g/mol. The second kappa shape index (κ2) is 6.03. The van der Waals surface area contributed by atoms with Crippen LogP contribution >= 0.6 is 0 Å². The van der Waals surface area contributed by atoms with Crippen molar-refractivity contribution in [1.29, 1.82) is 0 Å². The van der Waals surface area contributed by atoms with Crippen molar-refractivity contribution >= 4 is 16.6 Å². The summed E-state index contributed by atoms with van der Waals surface area (Å²) >= 11 is 0. The quantitative estimate of drug-likeness (QED) is 0.554. The molecule has 0 spiro atoms. The first-order valence-corrected chi connectivity index (χ1v) is 9.28. The van der Waals surface area contributed by atoms with Gasteiger partial charge in [0, 0.05) is 17.7 Å². The largest absolute Gasteiger partial charge is 0.369 e. The summed E-state index contributed by atoms with van der Waals surface area (Å²) < 4.78 is 2.07. The Labute approximate surface area is 153 Å². The maximum absolute atomic E-state index is 5.03. The van der Waals surface area contributed by atoms with Crippen molar-refractivity contribution in [2.75, 3.05) is 11.9 Å². The predicted molar refractivity (Wildman–Crippen MR) is 108 cm³/mol. The number of nitrogens with one attached hydrogen (secondary N) is 1. The minimum absolute atomic E-state index is 0.970. The Bertz CT molecular complexity index is 1090. The SMILES string of the molecule is CCc1ccc(-n2nc(-c3cccc4ccccc34)c3c2NCC3)cc1. The van der Waals surface area contributed by atoms with Gasteiger partial charge in [-0.1, -0.05) is 61.5 Å². The third kappa shape index (κ3) is 2.31. The van der Waals surface area contributed by atoms with Crippen LogP contribution in [0.15, 0.2) is 66.7 Å². The van der Waals surface area contributed by atoms with Crippen LogP contribution in [0.2, 0.25) is 0 Å². The highest BCUT2D eigenvalue weighted by Crippen LogP contribution is 2.37. The van der Waals surface area contributed by atoms with E-state index in [1.165, 1.54) is 27.5 Å². The van der Waals surface area contributed by atoms with Crippen LogP contribution in [0.4, 0.5) is 5.82 Å². The predicted octanol–water partition coefficient (Wildman–Crippen LogP) is 5.22. The molecule has 5 rings (SSSR count). The summed E-state index contributed by atoms with van der Waals surface area (Å²) in [6.07, 6.45) is 2.07. The van der Waals surface area contributed by atoms with Crippen LogP contribution in [0.3, 0.4) is 0 Å². The minimum atomic E-state index is 0.970. The van der Waals surface area contributed by atoms with E-state index in [0.717, 1.165) is 36.6 Å². The van der Waals surface area contributed by atoms with Gasteiger partial charge in [0.25, 0.3) is 0 Å². The van der Waals surface area contributed by atoms with Gasteiger partial charge >= 0.3 is 0 Å². The molecule has 0 radical (unpaired) electrons. The maximum Gasteiger partial charge on any atom is 0.133 e. The fourth-order valence-electron chi connectivity index (χ4n) is 3.88. The lowest BCUT2D eigenvalue weighted by atomic mass is 9.99. The molecular formula is C23H21N3. The van der Waals surface area contributed by atoms with Crippen LogP contribution in [-0.4, -0.2) is 16.3 Å². The summed E-state index contributed by atoms with van der Waals surface area (Å²) in [6, 6.07) is 23.7. The molecule has 0 atom stereocenters. The van der Waals surface area contributed by atoms with Crippen LogP contribution < -0.4 is 5.32 Å². The van der Waals surface area contributed by atoms with E-state index in [4.69, 9.17) is 5.10 Å². The van der Waals surface area contributed by atoms with E-state index in [2.05, 4.69) is 83.7 Å². The summed E-state index contributed by atoms with van der Waals surface area (Å²) in [5.74, 6) is 1.14. The van der Waals surface area contributed by atoms with E-state index in [1.54, 1.807) is 0 Å². The monoisotopic (exact) mass is 339 g/mol. The molecule has 0 unspecified atom stereocenters. The lowest BCUT2D eigenvalue weighted by molar-refractivity contribution is 0.881. The number of fused-ring (bicyclic) bond motifs is 2. The number of rotatable bonds is 3. The maximum atomic E-state index is 5.03. The number of hydrogen-bond donors (Lipinski definition) is 1. The number of nitrogens with zero attached hydrogens (tertiary/aromatic N) is 2. The first-order valence-electron chi connectivity index (χ1n) is 9.28. The van der Waals surface area contributed by atoms with Crippen molar-refractivity contribution in [2.45, 2.75) is 19.8 Å². The molecule has 0 fully saturated rings. The Balaban J connectivity index is 1.71. The van der Waals surface area contributed by atoms with E-state index < -0.39 is 0 Å². The molecule has 0 saturated heterocycles. The molecule has 1 aromatic heterocycles. The lowest BCUT2D eigenvalue weighted by Crippen LogP contribution is -2.04. The highest BCUT2D eigenvalue weighted by atomic mass is 15.3. The Hall–Kier alpha value is -3.07. The van der Waals surface area contributed by atoms with Gasteiger partial charge in [0.1, 0.15) is 5.82 Å². The van der Waals surface area contributed by atoms with Crippen molar-refractivity contribution in [1.82, 2.24) is 9.78 Å². The third-order valence-electron chi connectivity index (χ3n) is 5.28. The molecule has 2 heterocycles. The van der Waals surface area contributed by atoms with Gasteiger partial charge in [0.2, 0.25) is 0 Å².